The number of hydrogen-bond donors (Lipinski definition) is 1. The van der Waals surface area contributed by atoms with Gasteiger partial charge in [-0.3, -0.25) is 0 Å². The zero-order valence-electron chi connectivity index (χ0n) is 7.48. The van der Waals surface area contributed by atoms with Crippen LogP contribution in [0.5, 0.6) is 0 Å². The van der Waals surface area contributed by atoms with Gasteiger partial charge in [0.2, 0.25) is 5.67 Å². The van der Waals surface area contributed by atoms with Gasteiger partial charge in [-0.25, -0.2) is 4.39 Å². The fraction of sp³-hybridized carbons (Fsp3) is 0.333. The molecule has 0 spiro atoms. The molecule has 1 nitrogen and oxygen atoms in total. The first-order valence-electron chi connectivity index (χ1n) is 4.03. The Morgan fingerprint density at radius 3 is 2.20 bits per heavy atom. The number of alkyl halides is 4. The van der Waals surface area contributed by atoms with E-state index in [0.29, 0.717) is 4.47 Å². The molecule has 84 valence electrons. The van der Waals surface area contributed by atoms with Crippen molar-refractivity contribution in [1.29, 1.82) is 0 Å². The third-order valence-electron chi connectivity index (χ3n) is 2.01. The summed E-state index contributed by atoms with van der Waals surface area (Å²) in [6, 6.07) is 4.97. The van der Waals surface area contributed by atoms with Crippen molar-refractivity contribution in [2.45, 2.75) is 11.8 Å². The van der Waals surface area contributed by atoms with Crippen molar-refractivity contribution < 1.29 is 17.6 Å². The summed E-state index contributed by atoms with van der Waals surface area (Å²) in [7, 11) is 0. The Kier molecular flexibility index (Phi) is 3.40. The fourth-order valence-electron chi connectivity index (χ4n) is 1.13. The second-order valence-corrected chi connectivity index (χ2v) is 3.93. The summed E-state index contributed by atoms with van der Waals surface area (Å²) in [6.45, 7) is -1.13. The van der Waals surface area contributed by atoms with E-state index in [2.05, 4.69) is 15.9 Å². The zero-order chi connectivity index (χ0) is 11.7. The summed E-state index contributed by atoms with van der Waals surface area (Å²) in [6.07, 6.45) is -5.01. The third-order valence-corrected chi connectivity index (χ3v) is 2.51. The molecule has 6 heteroatoms. The lowest BCUT2D eigenvalue weighted by atomic mass is 9.95. The van der Waals surface area contributed by atoms with Gasteiger partial charge < -0.3 is 5.73 Å². The van der Waals surface area contributed by atoms with E-state index in [0.717, 1.165) is 12.1 Å². The van der Waals surface area contributed by atoms with Crippen LogP contribution < -0.4 is 5.73 Å². The smallest absolute Gasteiger partial charge is 0.327 e. The summed E-state index contributed by atoms with van der Waals surface area (Å²) in [5.74, 6) is 0. The van der Waals surface area contributed by atoms with E-state index < -0.39 is 24.0 Å². The second-order valence-electron chi connectivity index (χ2n) is 3.01. The zero-order valence-corrected chi connectivity index (χ0v) is 9.07. The number of nitrogens with two attached hydrogens (primary N) is 1. The molecule has 0 aliphatic heterocycles. The van der Waals surface area contributed by atoms with Crippen molar-refractivity contribution in [3.63, 3.8) is 0 Å². The molecule has 0 aromatic heterocycles. The number of benzene rings is 1. The average Bonchev–Trinajstić information content (AvgIpc) is 2.14. The molecule has 0 aliphatic rings. The maximum Gasteiger partial charge on any atom is 0.428 e. The molecule has 15 heavy (non-hydrogen) atoms. The molecule has 0 aliphatic carbocycles. The Bertz CT molecular complexity index is 352. The van der Waals surface area contributed by atoms with E-state index in [1.165, 1.54) is 12.1 Å². The molecule has 0 amide bonds. The van der Waals surface area contributed by atoms with Crippen molar-refractivity contribution in [2.24, 2.45) is 5.73 Å². The van der Waals surface area contributed by atoms with Gasteiger partial charge in [0.15, 0.2) is 0 Å². The van der Waals surface area contributed by atoms with Crippen LogP contribution in [-0.2, 0) is 5.67 Å². The van der Waals surface area contributed by atoms with Crippen molar-refractivity contribution in [1.82, 2.24) is 0 Å². The van der Waals surface area contributed by atoms with E-state index in [4.69, 9.17) is 5.73 Å². The standard InChI is InChI=1S/C9H8BrF4N/c10-7-3-1-2-6(4-7)8(11,5-15)9(12,13)14/h1-4H,5,15H2. The lowest BCUT2D eigenvalue weighted by molar-refractivity contribution is -0.231. The molecule has 0 saturated carbocycles. The molecular formula is C9H8BrF4N. The highest BCUT2D eigenvalue weighted by Gasteiger charge is 2.56. The van der Waals surface area contributed by atoms with Crippen LogP contribution in [-0.4, -0.2) is 12.7 Å². The SMILES string of the molecule is NCC(F)(c1cccc(Br)c1)C(F)(F)F. The minimum absolute atomic E-state index is 0.375. The van der Waals surface area contributed by atoms with E-state index in [9.17, 15) is 17.6 Å². The van der Waals surface area contributed by atoms with Gasteiger partial charge in [-0.15, -0.1) is 0 Å². The predicted molar refractivity (Wildman–Crippen MR) is 52.0 cm³/mol. The van der Waals surface area contributed by atoms with Gasteiger partial charge in [0.1, 0.15) is 0 Å². The molecule has 1 rings (SSSR count). The molecule has 0 heterocycles. The van der Waals surface area contributed by atoms with Gasteiger partial charge in [0.05, 0.1) is 0 Å². The molecule has 1 aromatic carbocycles. The van der Waals surface area contributed by atoms with E-state index >= 15 is 0 Å². The van der Waals surface area contributed by atoms with Crippen LogP contribution in [0.25, 0.3) is 0 Å². The van der Waals surface area contributed by atoms with Gasteiger partial charge in [-0.05, 0) is 12.1 Å². The van der Waals surface area contributed by atoms with Crippen LogP contribution in [0.1, 0.15) is 5.56 Å². The van der Waals surface area contributed by atoms with Crippen LogP contribution in [0, 0.1) is 0 Å². The molecule has 0 fully saturated rings. The lowest BCUT2D eigenvalue weighted by Crippen LogP contribution is -2.44. The van der Waals surface area contributed by atoms with E-state index in [1.54, 1.807) is 0 Å². The lowest BCUT2D eigenvalue weighted by Gasteiger charge is -2.26. The average molecular weight is 286 g/mol. The molecular weight excluding hydrogens is 278 g/mol. The Hall–Kier alpha value is -0.620. The van der Waals surface area contributed by atoms with Gasteiger partial charge in [0, 0.05) is 16.6 Å². The normalized spacial score (nSPS) is 16.1. The van der Waals surface area contributed by atoms with Gasteiger partial charge in [-0.2, -0.15) is 13.2 Å². The van der Waals surface area contributed by atoms with Crippen molar-refractivity contribution >= 4 is 15.9 Å². The van der Waals surface area contributed by atoms with Crippen LogP contribution >= 0.6 is 15.9 Å². The monoisotopic (exact) mass is 285 g/mol. The largest absolute Gasteiger partial charge is 0.428 e. The molecule has 1 atom stereocenters. The van der Waals surface area contributed by atoms with Crippen LogP contribution in [0.2, 0.25) is 0 Å². The van der Waals surface area contributed by atoms with E-state index in [1.807, 2.05) is 0 Å². The number of halogens is 5. The summed E-state index contributed by atoms with van der Waals surface area (Å²) in [5.41, 5.74) is 0.882. The quantitative estimate of drug-likeness (QED) is 0.830. The Labute approximate surface area is 92.4 Å². The molecule has 0 radical (unpaired) electrons. The first-order valence-corrected chi connectivity index (χ1v) is 4.82. The summed E-state index contributed by atoms with van der Waals surface area (Å²) < 4.78 is 51.4. The van der Waals surface area contributed by atoms with Gasteiger partial charge in [0.25, 0.3) is 0 Å². The van der Waals surface area contributed by atoms with E-state index in [-0.39, 0.29) is 0 Å². The highest BCUT2D eigenvalue weighted by atomic mass is 79.9. The Morgan fingerprint density at radius 1 is 1.20 bits per heavy atom. The van der Waals surface area contributed by atoms with Crippen LogP contribution in [0.15, 0.2) is 28.7 Å². The van der Waals surface area contributed by atoms with Crippen molar-refractivity contribution in [2.75, 3.05) is 6.54 Å². The molecule has 2 N–H and O–H groups in total. The Balaban J connectivity index is 3.23. The van der Waals surface area contributed by atoms with Crippen LogP contribution in [0.4, 0.5) is 17.6 Å². The van der Waals surface area contributed by atoms with Crippen LogP contribution in [0.3, 0.4) is 0 Å². The van der Waals surface area contributed by atoms with Gasteiger partial charge >= 0.3 is 6.18 Å². The first-order chi connectivity index (χ1) is 6.81. The third kappa shape index (κ3) is 2.31. The highest BCUT2D eigenvalue weighted by molar-refractivity contribution is 9.10. The summed E-state index contributed by atoms with van der Waals surface area (Å²) in [4.78, 5) is 0. The topological polar surface area (TPSA) is 26.0 Å². The Morgan fingerprint density at radius 2 is 1.80 bits per heavy atom. The maximum absolute atomic E-state index is 13.7. The predicted octanol–water partition coefficient (Wildman–Crippen LogP) is 3.13. The maximum atomic E-state index is 13.7. The molecule has 1 aromatic rings. The molecule has 0 bridgehead atoms. The molecule has 1 unspecified atom stereocenters. The minimum Gasteiger partial charge on any atom is -0.327 e. The van der Waals surface area contributed by atoms with Crippen molar-refractivity contribution in [3.8, 4) is 0 Å². The number of rotatable bonds is 2. The molecule has 0 saturated heterocycles. The number of hydrogen-bond acceptors (Lipinski definition) is 1. The summed E-state index contributed by atoms with van der Waals surface area (Å²) in [5, 5.41) is 0. The summed E-state index contributed by atoms with van der Waals surface area (Å²) >= 11 is 2.98. The second kappa shape index (κ2) is 4.09. The highest BCUT2D eigenvalue weighted by Crippen LogP contribution is 2.42. The fourth-order valence-corrected chi connectivity index (χ4v) is 1.53. The van der Waals surface area contributed by atoms with Gasteiger partial charge in [-0.1, -0.05) is 28.1 Å². The minimum atomic E-state index is -5.01. The van der Waals surface area contributed by atoms with Crippen molar-refractivity contribution in [3.05, 3.63) is 34.3 Å². The first kappa shape index (κ1) is 12.4.